The molecule has 0 radical (unpaired) electrons. The Bertz CT molecular complexity index is 732. The molecule has 2 aromatic rings. The molecule has 0 heterocycles. The number of hydrogen-bond donors (Lipinski definition) is 0. The maximum Gasteiger partial charge on any atom is 0.301 e. The first kappa shape index (κ1) is 19.6. The van der Waals surface area contributed by atoms with Gasteiger partial charge in [0.15, 0.2) is 33.8 Å². The molecule has 8 heteroatoms. The third kappa shape index (κ3) is 3.76. The summed E-state index contributed by atoms with van der Waals surface area (Å²) < 4.78 is 70.4. The number of hydrogen-bond acceptors (Lipinski definition) is 3. The molecular formula is C17H18F4O3Si. The lowest BCUT2D eigenvalue weighted by molar-refractivity contribution is -0.352. The van der Waals surface area contributed by atoms with E-state index in [1.54, 1.807) is 13.8 Å². The highest BCUT2D eigenvalue weighted by Gasteiger charge is 2.33. The van der Waals surface area contributed by atoms with E-state index >= 15 is 0 Å². The molecule has 136 valence electrons. The largest absolute Gasteiger partial charge is 0.376 e. The third-order valence-electron chi connectivity index (χ3n) is 3.59. The maximum absolute atomic E-state index is 13.9. The Kier molecular flexibility index (Phi) is 6.34. The Morgan fingerprint density at radius 1 is 0.880 bits per heavy atom. The molecule has 0 unspecified atom stereocenters. The number of rotatable bonds is 7. The van der Waals surface area contributed by atoms with E-state index in [-0.39, 0.29) is 11.1 Å². The van der Waals surface area contributed by atoms with Crippen LogP contribution in [-0.2, 0) is 19.9 Å². The van der Waals surface area contributed by atoms with Gasteiger partial charge in [-0.15, -0.1) is 0 Å². The van der Waals surface area contributed by atoms with Gasteiger partial charge >= 0.3 is 5.97 Å². The Labute approximate surface area is 146 Å². The van der Waals surface area contributed by atoms with Gasteiger partial charge in [-0.2, -0.15) is 0 Å². The van der Waals surface area contributed by atoms with Gasteiger partial charge < -0.3 is 13.9 Å². The predicted molar refractivity (Wildman–Crippen MR) is 87.7 cm³/mol. The van der Waals surface area contributed by atoms with Crippen molar-refractivity contribution >= 4 is 10.5 Å². The minimum absolute atomic E-state index is 0.175. The van der Waals surface area contributed by atoms with Crippen molar-refractivity contribution in [1.82, 2.24) is 0 Å². The molecule has 0 amide bonds. The average Bonchev–Trinajstić information content (AvgIpc) is 2.63. The predicted octanol–water partition coefficient (Wildman–Crippen LogP) is 3.39. The molecule has 0 aliphatic carbocycles. The molecule has 0 aliphatic rings. The molecule has 0 N–H and O–H groups in total. The summed E-state index contributed by atoms with van der Waals surface area (Å²) in [6, 6.07) is 6.55. The molecule has 0 fully saturated rings. The molecule has 0 atom stereocenters. The lowest BCUT2D eigenvalue weighted by Gasteiger charge is -2.32. The van der Waals surface area contributed by atoms with Gasteiger partial charge in [0.2, 0.25) is 0 Å². The Hall–Kier alpha value is -1.74. The van der Waals surface area contributed by atoms with Crippen LogP contribution in [0.5, 0.6) is 0 Å². The fourth-order valence-corrected chi connectivity index (χ4v) is 2.93. The number of benzene rings is 2. The lowest BCUT2D eigenvalue weighted by Crippen LogP contribution is -2.35. The first-order valence-corrected chi connectivity index (χ1v) is 8.48. The van der Waals surface area contributed by atoms with E-state index in [1.807, 2.05) is 0 Å². The smallest absolute Gasteiger partial charge is 0.301 e. The fourth-order valence-electron chi connectivity index (χ4n) is 2.46. The van der Waals surface area contributed by atoms with Crippen LogP contribution in [0.25, 0.3) is 11.1 Å². The maximum atomic E-state index is 13.9. The topological polar surface area (TPSA) is 27.7 Å². The van der Waals surface area contributed by atoms with Crippen LogP contribution in [0.1, 0.15) is 19.4 Å². The van der Waals surface area contributed by atoms with Crippen LogP contribution < -0.4 is 0 Å². The van der Waals surface area contributed by atoms with E-state index in [0.717, 1.165) is 0 Å². The van der Waals surface area contributed by atoms with E-state index < -0.39 is 29.2 Å². The molecule has 0 aliphatic heterocycles. The van der Waals surface area contributed by atoms with Gasteiger partial charge in [0.05, 0.1) is 0 Å². The van der Waals surface area contributed by atoms with E-state index in [2.05, 4.69) is 0 Å². The van der Waals surface area contributed by atoms with Crippen molar-refractivity contribution in [2.75, 3.05) is 13.2 Å². The molecule has 0 aromatic heterocycles. The van der Waals surface area contributed by atoms with Crippen molar-refractivity contribution in [2.45, 2.75) is 19.8 Å². The first-order valence-electron chi connectivity index (χ1n) is 7.67. The highest BCUT2D eigenvalue weighted by Crippen LogP contribution is 2.32. The molecule has 0 saturated carbocycles. The zero-order valence-electron chi connectivity index (χ0n) is 14.0. The zero-order valence-corrected chi connectivity index (χ0v) is 16.0. The molecule has 2 aromatic carbocycles. The van der Waals surface area contributed by atoms with E-state index in [4.69, 9.17) is 13.9 Å². The van der Waals surface area contributed by atoms with Crippen LogP contribution in [-0.4, -0.2) is 23.7 Å². The molecule has 0 bridgehead atoms. The Morgan fingerprint density at radius 3 is 1.92 bits per heavy atom. The highest BCUT2D eigenvalue weighted by atomic mass is 28.2. The van der Waals surface area contributed by atoms with Crippen LogP contribution in [0.15, 0.2) is 30.3 Å². The van der Waals surface area contributed by atoms with Gasteiger partial charge in [0, 0.05) is 24.3 Å². The SMILES string of the molecule is CCOC(O[SiH3])(OCC)c1ccc(-c2cc(F)c(F)c(F)c2F)cc1. The normalized spacial score (nSPS) is 11.9. The van der Waals surface area contributed by atoms with Crippen molar-refractivity contribution in [3.8, 4) is 11.1 Å². The summed E-state index contributed by atoms with van der Waals surface area (Å²) in [5.41, 5.74) is 0.306. The fraction of sp³-hybridized carbons (Fsp3) is 0.294. The monoisotopic (exact) mass is 374 g/mol. The van der Waals surface area contributed by atoms with Crippen molar-refractivity contribution in [3.05, 3.63) is 59.2 Å². The summed E-state index contributed by atoms with van der Waals surface area (Å²) in [5.74, 6) is -7.98. The number of ether oxygens (including phenoxy) is 2. The van der Waals surface area contributed by atoms with Gasteiger partial charge in [0.1, 0.15) is 0 Å². The molecule has 25 heavy (non-hydrogen) atoms. The van der Waals surface area contributed by atoms with Gasteiger partial charge in [-0.05, 0) is 25.5 Å². The molecule has 2 rings (SSSR count). The zero-order chi connectivity index (χ0) is 18.6. The standard InChI is InChI=1S/C17H18F4O3Si/c1-3-22-17(24-25,23-4-2)11-7-5-10(6-8-11)12-9-13(18)15(20)16(21)14(12)19/h5-9H,3-4H2,1-2,25H3. The van der Waals surface area contributed by atoms with Gasteiger partial charge in [-0.1, -0.05) is 24.3 Å². The summed E-state index contributed by atoms with van der Waals surface area (Å²) in [5, 5.41) is 0. The summed E-state index contributed by atoms with van der Waals surface area (Å²) in [6.07, 6.45) is 0. The van der Waals surface area contributed by atoms with Crippen molar-refractivity contribution < 1.29 is 31.5 Å². The van der Waals surface area contributed by atoms with Gasteiger partial charge in [-0.25, -0.2) is 17.6 Å². The molecule has 0 saturated heterocycles. The van der Waals surface area contributed by atoms with Crippen molar-refractivity contribution in [2.24, 2.45) is 0 Å². The second-order valence-corrected chi connectivity index (χ2v) is 5.46. The summed E-state index contributed by atoms with van der Waals surface area (Å²) >= 11 is 0. The summed E-state index contributed by atoms with van der Waals surface area (Å²) in [7, 11) is 0.327. The lowest BCUT2D eigenvalue weighted by atomic mass is 10.0. The quantitative estimate of drug-likeness (QED) is 0.244. The van der Waals surface area contributed by atoms with Crippen LogP contribution in [0, 0.1) is 23.3 Å². The van der Waals surface area contributed by atoms with Gasteiger partial charge in [0.25, 0.3) is 0 Å². The van der Waals surface area contributed by atoms with Crippen LogP contribution in [0.3, 0.4) is 0 Å². The average molecular weight is 374 g/mol. The third-order valence-corrected chi connectivity index (χ3v) is 4.13. The molecular weight excluding hydrogens is 356 g/mol. The summed E-state index contributed by atoms with van der Waals surface area (Å²) in [4.78, 5) is 0. The minimum atomic E-state index is -1.85. The van der Waals surface area contributed by atoms with Crippen molar-refractivity contribution in [3.63, 3.8) is 0 Å². The van der Waals surface area contributed by atoms with Crippen LogP contribution >= 0.6 is 0 Å². The Balaban J connectivity index is 2.46. The highest BCUT2D eigenvalue weighted by molar-refractivity contribution is 5.98. The second kappa shape index (κ2) is 8.09. The van der Waals surface area contributed by atoms with Crippen LogP contribution in [0.4, 0.5) is 17.6 Å². The van der Waals surface area contributed by atoms with E-state index in [9.17, 15) is 17.6 Å². The van der Waals surface area contributed by atoms with E-state index in [0.29, 0.717) is 35.3 Å². The van der Waals surface area contributed by atoms with Crippen molar-refractivity contribution in [1.29, 1.82) is 0 Å². The van der Waals surface area contributed by atoms with Gasteiger partial charge in [-0.3, -0.25) is 0 Å². The minimum Gasteiger partial charge on any atom is -0.376 e. The second-order valence-electron chi connectivity index (χ2n) is 5.05. The first-order chi connectivity index (χ1) is 11.9. The van der Waals surface area contributed by atoms with Crippen LogP contribution in [0.2, 0.25) is 0 Å². The van der Waals surface area contributed by atoms with E-state index in [1.165, 1.54) is 24.3 Å². The number of halogens is 4. The molecule has 3 nitrogen and oxygen atoms in total. The Morgan fingerprint density at radius 2 is 1.44 bits per heavy atom. The summed E-state index contributed by atoms with van der Waals surface area (Å²) in [6.45, 7) is 4.21. The molecule has 0 spiro atoms.